The van der Waals surface area contributed by atoms with Crippen LogP contribution in [0.3, 0.4) is 0 Å². The van der Waals surface area contributed by atoms with Crippen molar-refractivity contribution in [3.8, 4) is 0 Å². The Hall–Kier alpha value is -1.11. The van der Waals surface area contributed by atoms with Gasteiger partial charge < -0.3 is 5.73 Å². The number of rotatable bonds is 0. The molecular formula is C9H8IN3O. The molecule has 14 heavy (non-hydrogen) atoms. The molecule has 5 heteroatoms. The number of nitrogens with zero attached hydrogens (tertiary/aromatic N) is 2. The average molecular weight is 301 g/mol. The van der Waals surface area contributed by atoms with Gasteiger partial charge in [-0.3, -0.25) is 4.79 Å². The number of benzene rings is 1. The van der Waals surface area contributed by atoms with E-state index in [9.17, 15) is 4.79 Å². The van der Waals surface area contributed by atoms with Crippen LogP contribution in [0.5, 0.6) is 0 Å². The first-order valence-electron chi connectivity index (χ1n) is 4.05. The van der Waals surface area contributed by atoms with E-state index in [2.05, 4.69) is 27.7 Å². The molecule has 4 nitrogen and oxygen atoms in total. The molecule has 2 N–H and O–H groups in total. The molecule has 0 aliphatic heterocycles. The van der Waals surface area contributed by atoms with Gasteiger partial charge in [-0.1, -0.05) is 6.07 Å². The van der Waals surface area contributed by atoms with Crippen molar-refractivity contribution in [2.45, 2.75) is 6.92 Å². The number of hydrogen-bond acceptors (Lipinski definition) is 3. The maximum absolute atomic E-state index is 11.2. The number of halogens is 1. The van der Waals surface area contributed by atoms with E-state index in [1.807, 2.05) is 18.2 Å². The summed E-state index contributed by atoms with van der Waals surface area (Å²) in [5.41, 5.74) is 6.49. The molecule has 0 aliphatic carbocycles. The van der Waals surface area contributed by atoms with Gasteiger partial charge in [0.1, 0.15) is 0 Å². The number of nitrogen functional groups attached to an aromatic ring is 1. The van der Waals surface area contributed by atoms with Crippen molar-refractivity contribution in [1.82, 2.24) is 9.78 Å². The van der Waals surface area contributed by atoms with Gasteiger partial charge in [-0.2, -0.15) is 4.68 Å². The highest BCUT2D eigenvalue weighted by Gasteiger charge is 2.12. The Morgan fingerprint density at radius 2 is 2.29 bits per heavy atom. The molecule has 2 aromatic rings. The molecule has 0 bridgehead atoms. The van der Waals surface area contributed by atoms with Crippen LogP contribution in [0.25, 0.3) is 10.9 Å². The van der Waals surface area contributed by atoms with Gasteiger partial charge in [0.15, 0.2) is 5.82 Å². The van der Waals surface area contributed by atoms with Crippen LogP contribution < -0.4 is 5.73 Å². The lowest BCUT2D eigenvalue weighted by Crippen LogP contribution is -2.07. The van der Waals surface area contributed by atoms with Crippen LogP contribution in [0.1, 0.15) is 11.7 Å². The third kappa shape index (κ3) is 1.28. The highest BCUT2D eigenvalue weighted by molar-refractivity contribution is 14.1. The minimum absolute atomic E-state index is 0.131. The summed E-state index contributed by atoms with van der Waals surface area (Å²) in [7, 11) is 0. The Morgan fingerprint density at radius 3 is 2.93 bits per heavy atom. The van der Waals surface area contributed by atoms with Crippen molar-refractivity contribution in [1.29, 1.82) is 0 Å². The second kappa shape index (κ2) is 3.23. The number of carbonyl (C=O) groups excluding carboxylic acids is 1. The topological polar surface area (TPSA) is 60.9 Å². The first-order valence-corrected chi connectivity index (χ1v) is 5.13. The van der Waals surface area contributed by atoms with Gasteiger partial charge in [-0.05, 0) is 34.7 Å². The Morgan fingerprint density at radius 1 is 1.57 bits per heavy atom. The van der Waals surface area contributed by atoms with Crippen molar-refractivity contribution in [3.05, 3.63) is 21.8 Å². The van der Waals surface area contributed by atoms with E-state index >= 15 is 0 Å². The third-order valence-electron chi connectivity index (χ3n) is 1.98. The summed E-state index contributed by atoms with van der Waals surface area (Å²) in [6.07, 6.45) is 0. The van der Waals surface area contributed by atoms with E-state index < -0.39 is 0 Å². The highest BCUT2D eigenvalue weighted by atomic mass is 127. The average Bonchev–Trinajstić information content (AvgIpc) is 2.45. The molecule has 0 amide bonds. The predicted molar refractivity (Wildman–Crippen MR) is 63.2 cm³/mol. The normalized spacial score (nSPS) is 10.7. The zero-order chi connectivity index (χ0) is 10.3. The molecule has 1 aromatic heterocycles. The summed E-state index contributed by atoms with van der Waals surface area (Å²) in [5, 5.41) is 4.84. The summed E-state index contributed by atoms with van der Waals surface area (Å²) < 4.78 is 2.33. The van der Waals surface area contributed by atoms with Gasteiger partial charge in [-0.25, -0.2) is 0 Å². The molecule has 1 heterocycles. The molecule has 0 radical (unpaired) electrons. The number of hydrogen-bond donors (Lipinski definition) is 1. The summed E-state index contributed by atoms with van der Waals surface area (Å²) in [6, 6.07) is 5.65. The third-order valence-corrected chi connectivity index (χ3v) is 2.88. The van der Waals surface area contributed by atoms with E-state index in [-0.39, 0.29) is 5.91 Å². The minimum atomic E-state index is -0.131. The number of aromatic nitrogens is 2. The van der Waals surface area contributed by atoms with Crippen LogP contribution in [0.4, 0.5) is 5.82 Å². The minimum Gasteiger partial charge on any atom is -0.382 e. The molecule has 2 rings (SSSR count). The first kappa shape index (κ1) is 9.45. The fourth-order valence-corrected chi connectivity index (χ4v) is 2.15. The Kier molecular flexibility index (Phi) is 2.18. The monoisotopic (exact) mass is 301 g/mol. The smallest absolute Gasteiger partial charge is 0.244 e. The van der Waals surface area contributed by atoms with Gasteiger partial charge in [-0.15, -0.1) is 5.10 Å². The van der Waals surface area contributed by atoms with Crippen LogP contribution in [-0.4, -0.2) is 15.7 Å². The van der Waals surface area contributed by atoms with E-state index in [1.165, 1.54) is 11.6 Å². The molecule has 72 valence electrons. The zero-order valence-corrected chi connectivity index (χ0v) is 9.65. The molecule has 0 saturated heterocycles. The number of nitrogens with two attached hydrogens (primary N) is 1. The molecule has 1 aromatic carbocycles. The van der Waals surface area contributed by atoms with E-state index in [4.69, 9.17) is 5.73 Å². The van der Waals surface area contributed by atoms with Gasteiger partial charge in [0.2, 0.25) is 5.91 Å². The van der Waals surface area contributed by atoms with E-state index in [0.717, 1.165) is 14.5 Å². The molecule has 0 unspecified atom stereocenters. The molecule has 0 atom stereocenters. The molecule has 0 fully saturated rings. The van der Waals surface area contributed by atoms with Crippen molar-refractivity contribution >= 4 is 45.2 Å². The number of carbonyl (C=O) groups is 1. The molecule has 0 saturated carbocycles. The summed E-state index contributed by atoms with van der Waals surface area (Å²) in [6.45, 7) is 1.46. The van der Waals surface area contributed by atoms with Crippen molar-refractivity contribution in [3.63, 3.8) is 0 Å². The van der Waals surface area contributed by atoms with Gasteiger partial charge >= 0.3 is 0 Å². The van der Waals surface area contributed by atoms with Crippen LogP contribution in [0.15, 0.2) is 18.2 Å². The lowest BCUT2D eigenvalue weighted by molar-refractivity contribution is 0.0927. The Bertz CT molecular complexity index is 518. The molecular weight excluding hydrogens is 293 g/mol. The largest absolute Gasteiger partial charge is 0.382 e. The Labute approximate surface area is 94.2 Å². The van der Waals surface area contributed by atoms with Gasteiger partial charge in [0.05, 0.1) is 10.9 Å². The second-order valence-electron chi connectivity index (χ2n) is 2.95. The summed E-state index contributed by atoms with van der Waals surface area (Å²) in [5.74, 6) is 0.272. The fraction of sp³-hybridized carbons (Fsp3) is 0.111. The first-order chi connectivity index (χ1) is 6.61. The lowest BCUT2D eigenvalue weighted by atomic mass is 10.2. The van der Waals surface area contributed by atoms with Crippen LogP contribution in [0, 0.1) is 3.57 Å². The van der Waals surface area contributed by atoms with Crippen LogP contribution >= 0.6 is 22.6 Å². The van der Waals surface area contributed by atoms with Gasteiger partial charge in [0, 0.05) is 10.5 Å². The van der Waals surface area contributed by atoms with Gasteiger partial charge in [0.25, 0.3) is 0 Å². The molecule has 0 aliphatic rings. The second-order valence-corrected chi connectivity index (χ2v) is 4.11. The van der Waals surface area contributed by atoms with E-state index in [1.54, 1.807) is 0 Å². The van der Waals surface area contributed by atoms with E-state index in [0.29, 0.717) is 5.82 Å². The van der Waals surface area contributed by atoms with Crippen molar-refractivity contribution < 1.29 is 4.79 Å². The van der Waals surface area contributed by atoms with Crippen LogP contribution in [-0.2, 0) is 0 Å². The number of anilines is 1. The SMILES string of the molecule is CC(=O)n1nc(N)c2c(I)cccc21. The summed E-state index contributed by atoms with van der Waals surface area (Å²) in [4.78, 5) is 11.2. The van der Waals surface area contributed by atoms with Crippen molar-refractivity contribution in [2.75, 3.05) is 5.73 Å². The molecule has 0 spiro atoms. The standard InChI is InChI=1S/C9H8IN3O/c1-5(14)13-7-4-2-3-6(10)8(7)9(11)12-13/h2-4H,1H3,(H2,11,12). The maximum atomic E-state index is 11.2. The highest BCUT2D eigenvalue weighted by Crippen LogP contribution is 2.25. The summed E-state index contributed by atoms with van der Waals surface area (Å²) >= 11 is 2.18. The van der Waals surface area contributed by atoms with Crippen molar-refractivity contribution in [2.24, 2.45) is 0 Å². The quantitative estimate of drug-likeness (QED) is 0.756. The Balaban J connectivity index is 2.91. The maximum Gasteiger partial charge on any atom is 0.244 e. The zero-order valence-electron chi connectivity index (χ0n) is 7.49. The number of fused-ring (bicyclic) bond motifs is 1. The fourth-order valence-electron chi connectivity index (χ4n) is 1.39. The van der Waals surface area contributed by atoms with Crippen LogP contribution in [0.2, 0.25) is 0 Å². The predicted octanol–water partition coefficient (Wildman–Crippen LogP) is 1.88. The lowest BCUT2D eigenvalue weighted by Gasteiger charge is -1.96.